The smallest absolute Gasteiger partial charge is 0.435 e. The van der Waals surface area contributed by atoms with Crippen molar-refractivity contribution in [3.05, 3.63) is 70.9 Å². The third-order valence-corrected chi connectivity index (χ3v) is 5.28. The van der Waals surface area contributed by atoms with Crippen molar-refractivity contribution >= 4 is 5.91 Å². The van der Waals surface area contributed by atoms with Gasteiger partial charge in [0.15, 0.2) is 11.5 Å². The van der Waals surface area contributed by atoms with E-state index >= 15 is 0 Å². The molecule has 1 saturated carbocycles. The van der Waals surface area contributed by atoms with Crippen molar-refractivity contribution in [3.8, 4) is 5.75 Å². The van der Waals surface area contributed by atoms with Crippen molar-refractivity contribution < 1.29 is 27.1 Å². The molecule has 9 heteroatoms. The van der Waals surface area contributed by atoms with E-state index in [4.69, 9.17) is 9.15 Å². The van der Waals surface area contributed by atoms with Gasteiger partial charge in [-0.2, -0.15) is 18.3 Å². The number of rotatable bonds is 9. The number of carbonyl (C=O) groups is 1. The van der Waals surface area contributed by atoms with Crippen molar-refractivity contribution in [1.82, 2.24) is 15.1 Å². The molecule has 0 atom stereocenters. The number of furan rings is 1. The number of carbonyl (C=O) groups excluding carboxylic acids is 1. The minimum Gasteiger partial charge on any atom is -0.485 e. The summed E-state index contributed by atoms with van der Waals surface area (Å²) in [6.45, 7) is 2.73. The largest absolute Gasteiger partial charge is 0.485 e. The van der Waals surface area contributed by atoms with E-state index < -0.39 is 11.9 Å². The molecule has 2 heterocycles. The van der Waals surface area contributed by atoms with E-state index in [9.17, 15) is 18.0 Å². The molecule has 1 aliphatic rings. The number of hydrogen-bond donors (Lipinski definition) is 1. The summed E-state index contributed by atoms with van der Waals surface area (Å²) in [5.74, 6) is 1.18. The predicted octanol–water partition coefficient (Wildman–Crippen LogP) is 5.08. The maximum atomic E-state index is 13.0. The SMILES string of the molecule is Cc1ccccc1OCc1ccc(C(=O)NCCCn2nc(C(F)(F)F)cc2C2CC2)o1. The number of nitrogens with zero attached hydrogens (tertiary/aromatic N) is 2. The van der Waals surface area contributed by atoms with Gasteiger partial charge >= 0.3 is 6.18 Å². The lowest BCUT2D eigenvalue weighted by molar-refractivity contribution is -0.141. The summed E-state index contributed by atoms with van der Waals surface area (Å²) in [5.41, 5.74) is 0.758. The fraction of sp³-hybridized carbons (Fsp3) is 0.391. The summed E-state index contributed by atoms with van der Waals surface area (Å²) in [4.78, 5) is 12.3. The van der Waals surface area contributed by atoms with Gasteiger partial charge in [0.25, 0.3) is 5.91 Å². The molecular weight excluding hydrogens is 423 g/mol. The monoisotopic (exact) mass is 447 g/mol. The van der Waals surface area contributed by atoms with E-state index in [0.717, 1.165) is 30.2 Å². The molecule has 0 unspecified atom stereocenters. The van der Waals surface area contributed by atoms with Crippen LogP contribution in [-0.2, 0) is 19.3 Å². The normalized spacial score (nSPS) is 13.9. The fourth-order valence-corrected chi connectivity index (χ4v) is 3.42. The molecule has 32 heavy (non-hydrogen) atoms. The zero-order chi connectivity index (χ0) is 22.7. The molecule has 1 aromatic carbocycles. The number of ether oxygens (including phenoxy) is 1. The third kappa shape index (κ3) is 5.33. The molecule has 0 aliphatic heterocycles. The lowest BCUT2D eigenvalue weighted by Crippen LogP contribution is -2.25. The number of nitrogens with one attached hydrogen (secondary N) is 1. The molecule has 2 aromatic heterocycles. The molecule has 6 nitrogen and oxygen atoms in total. The molecule has 170 valence electrons. The minimum atomic E-state index is -4.46. The zero-order valence-electron chi connectivity index (χ0n) is 17.6. The number of para-hydroxylation sites is 1. The average Bonchev–Trinajstić information content (AvgIpc) is 3.31. The highest BCUT2D eigenvalue weighted by Crippen LogP contribution is 2.42. The van der Waals surface area contributed by atoms with Crippen LogP contribution in [0.4, 0.5) is 13.2 Å². The Hall–Kier alpha value is -3.23. The van der Waals surface area contributed by atoms with Crippen LogP contribution in [-0.4, -0.2) is 22.2 Å². The Bertz CT molecular complexity index is 1080. The van der Waals surface area contributed by atoms with Crippen molar-refractivity contribution in [1.29, 1.82) is 0 Å². The van der Waals surface area contributed by atoms with E-state index in [2.05, 4.69) is 10.4 Å². The van der Waals surface area contributed by atoms with Gasteiger partial charge in [0.05, 0.1) is 0 Å². The van der Waals surface area contributed by atoms with Gasteiger partial charge in [-0.25, -0.2) is 0 Å². The van der Waals surface area contributed by atoms with E-state index in [1.807, 2.05) is 31.2 Å². The molecule has 0 radical (unpaired) electrons. The van der Waals surface area contributed by atoms with Gasteiger partial charge in [-0.1, -0.05) is 18.2 Å². The van der Waals surface area contributed by atoms with Gasteiger partial charge in [-0.15, -0.1) is 0 Å². The Kier molecular flexibility index (Phi) is 6.25. The molecule has 0 saturated heterocycles. The number of amides is 1. The van der Waals surface area contributed by atoms with Crippen LogP contribution >= 0.6 is 0 Å². The van der Waals surface area contributed by atoms with Crippen LogP contribution < -0.4 is 10.1 Å². The van der Waals surface area contributed by atoms with Crippen LogP contribution in [0.15, 0.2) is 46.9 Å². The maximum Gasteiger partial charge on any atom is 0.435 e. The van der Waals surface area contributed by atoms with Gasteiger partial charge < -0.3 is 14.5 Å². The molecule has 1 aliphatic carbocycles. The summed E-state index contributed by atoms with van der Waals surface area (Å²) >= 11 is 0. The molecule has 1 fully saturated rings. The van der Waals surface area contributed by atoms with Crippen LogP contribution in [0.5, 0.6) is 5.75 Å². The summed E-state index contributed by atoms with van der Waals surface area (Å²) in [7, 11) is 0. The lowest BCUT2D eigenvalue weighted by atomic mass is 10.2. The van der Waals surface area contributed by atoms with E-state index in [-0.39, 0.29) is 24.2 Å². The second-order valence-corrected chi connectivity index (χ2v) is 7.88. The highest BCUT2D eigenvalue weighted by molar-refractivity contribution is 5.91. The molecule has 0 spiro atoms. The highest BCUT2D eigenvalue weighted by Gasteiger charge is 2.37. The van der Waals surface area contributed by atoms with Crippen molar-refractivity contribution in [2.24, 2.45) is 0 Å². The van der Waals surface area contributed by atoms with Crippen LogP contribution in [0.2, 0.25) is 0 Å². The van der Waals surface area contributed by atoms with Crippen molar-refractivity contribution in [2.45, 2.75) is 51.4 Å². The summed E-state index contributed by atoms with van der Waals surface area (Å²) in [6.07, 6.45) is -2.24. The first-order valence-electron chi connectivity index (χ1n) is 10.5. The lowest BCUT2D eigenvalue weighted by Gasteiger charge is -2.08. The number of aryl methyl sites for hydroxylation is 2. The van der Waals surface area contributed by atoms with Crippen LogP contribution in [0.25, 0.3) is 0 Å². The number of aromatic nitrogens is 2. The summed E-state index contributed by atoms with van der Waals surface area (Å²) < 4.78 is 51.6. The average molecular weight is 447 g/mol. The molecule has 1 N–H and O–H groups in total. The van der Waals surface area contributed by atoms with Crippen molar-refractivity contribution in [3.63, 3.8) is 0 Å². The second-order valence-electron chi connectivity index (χ2n) is 7.88. The molecule has 3 aromatic rings. The van der Waals surface area contributed by atoms with Crippen LogP contribution in [0.1, 0.15) is 58.4 Å². The third-order valence-electron chi connectivity index (χ3n) is 5.28. The van der Waals surface area contributed by atoms with Crippen molar-refractivity contribution in [2.75, 3.05) is 6.54 Å². The topological polar surface area (TPSA) is 69.3 Å². The fourth-order valence-electron chi connectivity index (χ4n) is 3.42. The second kappa shape index (κ2) is 9.10. The van der Waals surface area contributed by atoms with Crippen LogP contribution in [0, 0.1) is 6.92 Å². The number of halogens is 3. The number of hydrogen-bond acceptors (Lipinski definition) is 4. The summed E-state index contributed by atoms with van der Waals surface area (Å²) in [6, 6.07) is 12.0. The summed E-state index contributed by atoms with van der Waals surface area (Å²) in [5, 5.41) is 6.45. The quantitative estimate of drug-likeness (QED) is 0.465. The van der Waals surface area contributed by atoms with Gasteiger partial charge in [-0.3, -0.25) is 9.48 Å². The van der Waals surface area contributed by atoms with Gasteiger partial charge in [0.2, 0.25) is 0 Å². The standard InChI is InChI=1S/C23H24F3N3O3/c1-15-5-2-3-6-19(15)31-14-17-9-10-20(32-17)22(30)27-11-4-12-29-18(16-7-8-16)13-21(28-29)23(24,25)26/h2-3,5-6,9-10,13,16H,4,7-8,11-12,14H2,1H3,(H,27,30). The Labute approximate surface area is 183 Å². The molecule has 0 bridgehead atoms. The minimum absolute atomic E-state index is 0.150. The molecule has 4 rings (SSSR count). The van der Waals surface area contributed by atoms with Gasteiger partial charge in [0, 0.05) is 24.7 Å². The number of alkyl halides is 3. The van der Waals surface area contributed by atoms with E-state index in [1.165, 1.54) is 4.68 Å². The predicted molar refractivity (Wildman–Crippen MR) is 110 cm³/mol. The van der Waals surface area contributed by atoms with Gasteiger partial charge in [-0.05, 0) is 56.0 Å². The Morgan fingerprint density at radius 2 is 2.03 bits per heavy atom. The Balaban J connectivity index is 1.25. The highest BCUT2D eigenvalue weighted by atomic mass is 19.4. The Morgan fingerprint density at radius 1 is 1.25 bits per heavy atom. The van der Waals surface area contributed by atoms with Gasteiger partial charge in [0.1, 0.15) is 18.1 Å². The molecular formula is C23H24F3N3O3. The first-order chi connectivity index (χ1) is 15.3. The Morgan fingerprint density at radius 3 is 2.75 bits per heavy atom. The van der Waals surface area contributed by atoms with E-state index in [0.29, 0.717) is 31.0 Å². The van der Waals surface area contributed by atoms with Crippen LogP contribution in [0.3, 0.4) is 0 Å². The maximum absolute atomic E-state index is 13.0. The zero-order valence-corrected chi connectivity index (χ0v) is 17.6. The van der Waals surface area contributed by atoms with E-state index in [1.54, 1.807) is 12.1 Å². The first-order valence-corrected chi connectivity index (χ1v) is 10.5. The first kappa shape index (κ1) is 22.0. The molecule has 1 amide bonds. The number of benzene rings is 1.